The van der Waals surface area contributed by atoms with E-state index < -0.39 is 17.5 Å². The van der Waals surface area contributed by atoms with Crippen LogP contribution in [0.3, 0.4) is 0 Å². The summed E-state index contributed by atoms with van der Waals surface area (Å²) in [5.41, 5.74) is -0.492. The van der Waals surface area contributed by atoms with Crippen molar-refractivity contribution < 1.29 is 23.5 Å². The summed E-state index contributed by atoms with van der Waals surface area (Å²) in [7, 11) is 0. The number of aromatic nitrogens is 4. The van der Waals surface area contributed by atoms with Crippen LogP contribution in [0.2, 0.25) is 0 Å². The summed E-state index contributed by atoms with van der Waals surface area (Å²) in [6.07, 6.45) is 2.10. The number of hydrogen-bond donors (Lipinski definition) is 3. The normalized spacial score (nSPS) is 18.1. The predicted molar refractivity (Wildman–Crippen MR) is 133 cm³/mol. The van der Waals surface area contributed by atoms with Gasteiger partial charge in [0.1, 0.15) is 18.2 Å². The first-order valence-electron chi connectivity index (χ1n) is 11.6. The third-order valence-electron chi connectivity index (χ3n) is 5.92. The number of carbonyl (C=O) groups is 2. The molecule has 0 aliphatic carbocycles. The number of carbonyl (C=O) groups excluding carboxylic acids is 2. The second-order valence-electron chi connectivity index (χ2n) is 9.41. The van der Waals surface area contributed by atoms with Crippen molar-refractivity contribution in [3.63, 3.8) is 0 Å². The van der Waals surface area contributed by atoms with Crippen LogP contribution in [0.5, 0.6) is 5.75 Å². The van der Waals surface area contributed by atoms with Gasteiger partial charge in [0.2, 0.25) is 5.95 Å². The summed E-state index contributed by atoms with van der Waals surface area (Å²) in [6.45, 7) is 7.63. The maximum absolute atomic E-state index is 14.5. The fraction of sp³-hybridized carbons (Fsp3) is 0.333. The quantitative estimate of drug-likeness (QED) is 0.447. The van der Waals surface area contributed by atoms with Gasteiger partial charge in [-0.1, -0.05) is 13.8 Å². The van der Waals surface area contributed by atoms with Crippen LogP contribution in [0.1, 0.15) is 27.7 Å². The standard InChI is InChI=1S/C24H25FN8O4/c1-12(2)15-11-36-23(35)33(15)18-8-5-13(9-26-18)28-22-27-10-14(25)19(32-22)29-17-7-6-16-20(30-17)31-21(34)24(3,4)37-16/h5-10,12,15H,11H2,1-4H3,(H3,27,28,29,30,31,32,34)/t15-/m1/s1. The molecule has 1 atom stereocenters. The molecule has 2 aliphatic rings. The predicted octanol–water partition coefficient (Wildman–Crippen LogP) is 3.98. The molecular weight excluding hydrogens is 483 g/mol. The van der Waals surface area contributed by atoms with Crippen LogP contribution < -0.4 is 25.6 Å². The van der Waals surface area contributed by atoms with Crippen molar-refractivity contribution in [3.8, 4) is 5.75 Å². The molecule has 0 aromatic carbocycles. The molecule has 2 amide bonds. The van der Waals surface area contributed by atoms with Crippen LogP contribution in [-0.2, 0) is 9.53 Å². The molecule has 0 radical (unpaired) electrons. The lowest BCUT2D eigenvalue weighted by atomic mass is 10.0. The summed E-state index contributed by atoms with van der Waals surface area (Å²) >= 11 is 0. The van der Waals surface area contributed by atoms with E-state index in [-0.39, 0.29) is 41.3 Å². The Hall–Kier alpha value is -4.55. The van der Waals surface area contributed by atoms with E-state index in [1.165, 1.54) is 11.1 Å². The summed E-state index contributed by atoms with van der Waals surface area (Å²) in [5, 5.41) is 8.43. The molecule has 192 valence electrons. The Bertz CT molecular complexity index is 1370. The summed E-state index contributed by atoms with van der Waals surface area (Å²) in [5.74, 6) is 0.463. The van der Waals surface area contributed by atoms with E-state index in [1.807, 2.05) is 13.8 Å². The molecule has 5 heterocycles. The highest BCUT2D eigenvalue weighted by atomic mass is 19.1. The van der Waals surface area contributed by atoms with E-state index in [1.54, 1.807) is 38.1 Å². The molecule has 12 nitrogen and oxygen atoms in total. The van der Waals surface area contributed by atoms with Gasteiger partial charge in [0.05, 0.1) is 24.1 Å². The van der Waals surface area contributed by atoms with Gasteiger partial charge in [0, 0.05) is 0 Å². The smallest absolute Gasteiger partial charge is 0.415 e. The highest BCUT2D eigenvalue weighted by molar-refractivity contribution is 5.99. The molecule has 1 saturated heterocycles. The van der Waals surface area contributed by atoms with Gasteiger partial charge in [0.15, 0.2) is 28.8 Å². The Morgan fingerprint density at radius 1 is 1.11 bits per heavy atom. The lowest BCUT2D eigenvalue weighted by molar-refractivity contribution is -0.129. The van der Waals surface area contributed by atoms with Gasteiger partial charge in [-0.3, -0.25) is 9.69 Å². The molecule has 0 saturated carbocycles. The molecule has 0 spiro atoms. The van der Waals surface area contributed by atoms with E-state index in [9.17, 15) is 14.0 Å². The zero-order chi connectivity index (χ0) is 26.3. The minimum Gasteiger partial charge on any atom is -0.474 e. The van der Waals surface area contributed by atoms with Crippen LogP contribution in [-0.4, -0.2) is 50.2 Å². The van der Waals surface area contributed by atoms with Gasteiger partial charge < -0.3 is 25.4 Å². The molecule has 3 N–H and O–H groups in total. The molecule has 0 bridgehead atoms. The molecule has 1 fully saturated rings. The molecule has 13 heteroatoms. The molecule has 0 unspecified atom stereocenters. The van der Waals surface area contributed by atoms with Crippen molar-refractivity contribution >= 4 is 46.9 Å². The monoisotopic (exact) mass is 508 g/mol. The van der Waals surface area contributed by atoms with Crippen molar-refractivity contribution in [1.82, 2.24) is 19.9 Å². The number of fused-ring (bicyclic) bond motifs is 1. The van der Waals surface area contributed by atoms with Gasteiger partial charge in [-0.05, 0) is 44.0 Å². The van der Waals surface area contributed by atoms with Gasteiger partial charge in [0.25, 0.3) is 5.91 Å². The third kappa shape index (κ3) is 4.79. The van der Waals surface area contributed by atoms with E-state index in [4.69, 9.17) is 9.47 Å². The van der Waals surface area contributed by atoms with Crippen LogP contribution >= 0.6 is 0 Å². The Morgan fingerprint density at radius 2 is 1.92 bits per heavy atom. The maximum Gasteiger partial charge on any atom is 0.415 e. The SMILES string of the molecule is CC(C)[C@H]1COC(=O)N1c1ccc(Nc2ncc(F)c(Nc3ccc4c(n3)NC(=O)C(C)(C)O4)n2)cn1. The third-order valence-corrected chi connectivity index (χ3v) is 5.92. The maximum atomic E-state index is 14.5. The first-order chi connectivity index (χ1) is 17.6. The Kier molecular flexibility index (Phi) is 5.97. The summed E-state index contributed by atoms with van der Waals surface area (Å²) < 4.78 is 25.3. The second kappa shape index (κ2) is 9.15. The average molecular weight is 509 g/mol. The van der Waals surface area contributed by atoms with Gasteiger partial charge in [-0.25, -0.2) is 24.1 Å². The van der Waals surface area contributed by atoms with Crippen molar-refractivity contribution in [3.05, 3.63) is 42.5 Å². The van der Waals surface area contributed by atoms with E-state index in [2.05, 4.69) is 35.9 Å². The van der Waals surface area contributed by atoms with Crippen molar-refractivity contribution in [2.24, 2.45) is 5.92 Å². The summed E-state index contributed by atoms with van der Waals surface area (Å²) in [6, 6.07) is 6.49. The number of rotatable bonds is 6. The number of pyridine rings is 2. The lowest BCUT2D eigenvalue weighted by Crippen LogP contribution is -2.46. The number of nitrogens with one attached hydrogen (secondary N) is 3. The first kappa shape index (κ1) is 24.2. The van der Waals surface area contributed by atoms with Crippen molar-refractivity contribution in [2.75, 3.05) is 27.5 Å². The van der Waals surface area contributed by atoms with E-state index in [0.29, 0.717) is 23.9 Å². The molecule has 37 heavy (non-hydrogen) atoms. The van der Waals surface area contributed by atoms with E-state index in [0.717, 1.165) is 6.20 Å². The van der Waals surface area contributed by atoms with Crippen LogP contribution in [0.25, 0.3) is 0 Å². The van der Waals surface area contributed by atoms with Crippen LogP contribution in [0, 0.1) is 11.7 Å². The lowest BCUT2D eigenvalue weighted by Gasteiger charge is -2.30. The number of anilines is 6. The molecular formula is C24H25FN8O4. The largest absolute Gasteiger partial charge is 0.474 e. The van der Waals surface area contributed by atoms with Crippen LogP contribution in [0.15, 0.2) is 36.7 Å². The molecule has 2 aliphatic heterocycles. The average Bonchev–Trinajstić information content (AvgIpc) is 3.24. The number of halogens is 1. The van der Waals surface area contributed by atoms with Crippen LogP contribution in [0.4, 0.5) is 44.1 Å². The van der Waals surface area contributed by atoms with Crippen molar-refractivity contribution in [2.45, 2.75) is 39.3 Å². The minimum absolute atomic E-state index is 0.101. The van der Waals surface area contributed by atoms with E-state index >= 15 is 0 Å². The second-order valence-corrected chi connectivity index (χ2v) is 9.41. The molecule has 5 rings (SSSR count). The number of ether oxygens (including phenoxy) is 2. The highest BCUT2D eigenvalue weighted by Crippen LogP contribution is 2.34. The number of cyclic esters (lactones) is 1. The fourth-order valence-corrected chi connectivity index (χ4v) is 3.83. The summed E-state index contributed by atoms with van der Waals surface area (Å²) in [4.78, 5) is 42.7. The fourth-order valence-electron chi connectivity index (χ4n) is 3.83. The first-order valence-corrected chi connectivity index (χ1v) is 11.6. The Balaban J connectivity index is 1.31. The molecule has 3 aromatic rings. The zero-order valence-electron chi connectivity index (χ0n) is 20.6. The Labute approximate surface area is 211 Å². The van der Waals surface area contributed by atoms with Gasteiger partial charge in [-0.15, -0.1) is 0 Å². The number of amides is 2. The van der Waals surface area contributed by atoms with Crippen molar-refractivity contribution in [1.29, 1.82) is 0 Å². The number of nitrogens with zero attached hydrogens (tertiary/aromatic N) is 5. The Morgan fingerprint density at radius 3 is 2.65 bits per heavy atom. The minimum atomic E-state index is -1.02. The highest BCUT2D eigenvalue weighted by Gasteiger charge is 2.37. The van der Waals surface area contributed by atoms with Gasteiger partial charge >= 0.3 is 6.09 Å². The van der Waals surface area contributed by atoms with Gasteiger partial charge in [-0.2, -0.15) is 4.98 Å². The number of hydrogen-bond acceptors (Lipinski definition) is 10. The zero-order valence-corrected chi connectivity index (χ0v) is 20.6. The molecule has 3 aromatic heterocycles. The topological polar surface area (TPSA) is 143 Å².